The minimum Gasteiger partial charge on any atom is -0.363 e. The summed E-state index contributed by atoms with van der Waals surface area (Å²) in [4.78, 5) is 8.12. The third-order valence-corrected chi connectivity index (χ3v) is 3.28. The van der Waals surface area contributed by atoms with Crippen molar-refractivity contribution in [3.63, 3.8) is 0 Å². The molecule has 0 spiro atoms. The van der Waals surface area contributed by atoms with Gasteiger partial charge in [0.25, 0.3) is 0 Å². The molecule has 0 aliphatic heterocycles. The molecule has 5 nitrogen and oxygen atoms in total. The molecular formula is C12H15ClN4O. The van der Waals surface area contributed by atoms with Crippen LogP contribution in [0.1, 0.15) is 35.5 Å². The predicted molar refractivity (Wildman–Crippen MR) is 69.8 cm³/mol. The molecule has 0 radical (unpaired) electrons. The van der Waals surface area contributed by atoms with Crippen molar-refractivity contribution >= 4 is 17.4 Å². The van der Waals surface area contributed by atoms with E-state index in [-0.39, 0.29) is 6.04 Å². The van der Waals surface area contributed by atoms with Crippen molar-refractivity contribution in [2.45, 2.75) is 33.7 Å². The Morgan fingerprint density at radius 3 is 2.61 bits per heavy atom. The molecule has 0 saturated carbocycles. The van der Waals surface area contributed by atoms with Crippen molar-refractivity contribution in [3.05, 3.63) is 34.1 Å². The van der Waals surface area contributed by atoms with Crippen LogP contribution >= 0.6 is 11.6 Å². The number of nitrogens with zero attached hydrogens (tertiary/aromatic N) is 3. The van der Waals surface area contributed by atoms with Crippen LogP contribution in [0.25, 0.3) is 0 Å². The summed E-state index contributed by atoms with van der Waals surface area (Å²) in [5.74, 6) is 1.54. The number of aromatic nitrogens is 3. The molecule has 2 aromatic rings. The number of nitrogens with one attached hydrogen (secondary N) is 1. The van der Waals surface area contributed by atoms with Crippen LogP contribution in [0.15, 0.2) is 10.9 Å². The van der Waals surface area contributed by atoms with Crippen molar-refractivity contribution in [3.8, 4) is 0 Å². The molecule has 0 aliphatic carbocycles. The van der Waals surface area contributed by atoms with E-state index in [1.807, 2.05) is 27.7 Å². The summed E-state index contributed by atoms with van der Waals surface area (Å²) >= 11 is 5.96. The Morgan fingerprint density at radius 1 is 1.28 bits per heavy atom. The third kappa shape index (κ3) is 2.31. The summed E-state index contributed by atoms with van der Waals surface area (Å²) in [6, 6.07) is 0.0425. The highest BCUT2D eigenvalue weighted by Gasteiger charge is 2.17. The fraction of sp³-hybridized carbons (Fsp3) is 0.417. The zero-order valence-electron chi connectivity index (χ0n) is 10.8. The summed E-state index contributed by atoms with van der Waals surface area (Å²) in [5, 5.41) is 7.70. The van der Waals surface area contributed by atoms with Gasteiger partial charge in [-0.1, -0.05) is 16.8 Å². The molecular weight excluding hydrogens is 252 g/mol. The van der Waals surface area contributed by atoms with Crippen LogP contribution in [-0.2, 0) is 0 Å². The second kappa shape index (κ2) is 4.94. The molecule has 0 fully saturated rings. The number of rotatable bonds is 3. The number of hydrogen-bond donors (Lipinski definition) is 1. The smallest absolute Gasteiger partial charge is 0.139 e. The lowest BCUT2D eigenvalue weighted by Gasteiger charge is -2.16. The highest BCUT2D eigenvalue weighted by Crippen LogP contribution is 2.26. The summed E-state index contributed by atoms with van der Waals surface area (Å²) in [6.07, 6.45) is 1.44. The Hall–Kier alpha value is -1.62. The Bertz CT molecular complexity index is 548. The molecule has 0 aromatic carbocycles. The first kappa shape index (κ1) is 12.8. The molecule has 1 atom stereocenters. The van der Waals surface area contributed by atoms with Gasteiger partial charge in [-0.05, 0) is 27.7 Å². The zero-order valence-corrected chi connectivity index (χ0v) is 11.5. The molecule has 0 amide bonds. The predicted octanol–water partition coefficient (Wildman–Crippen LogP) is 3.22. The first-order valence-corrected chi connectivity index (χ1v) is 6.05. The van der Waals surface area contributed by atoms with Crippen LogP contribution in [0.4, 0.5) is 5.82 Å². The van der Waals surface area contributed by atoms with E-state index >= 15 is 0 Å². The first-order chi connectivity index (χ1) is 8.50. The van der Waals surface area contributed by atoms with Gasteiger partial charge in [-0.3, -0.25) is 0 Å². The second-order valence-corrected chi connectivity index (χ2v) is 4.60. The Balaban J connectivity index is 2.27. The van der Waals surface area contributed by atoms with Crippen molar-refractivity contribution < 1.29 is 4.52 Å². The van der Waals surface area contributed by atoms with Crippen molar-refractivity contribution in [2.75, 3.05) is 5.32 Å². The lowest BCUT2D eigenvalue weighted by molar-refractivity contribution is 0.392. The van der Waals surface area contributed by atoms with Crippen molar-refractivity contribution in [1.82, 2.24) is 15.1 Å². The lowest BCUT2D eigenvalue weighted by atomic mass is 10.1. The molecule has 1 N–H and O–H groups in total. The van der Waals surface area contributed by atoms with Crippen molar-refractivity contribution in [2.24, 2.45) is 0 Å². The molecule has 0 bridgehead atoms. The third-order valence-electron chi connectivity index (χ3n) is 2.90. The van der Waals surface area contributed by atoms with Gasteiger partial charge in [0.05, 0.1) is 11.7 Å². The van der Waals surface area contributed by atoms with E-state index in [0.29, 0.717) is 5.15 Å². The van der Waals surface area contributed by atoms with E-state index in [2.05, 4.69) is 20.4 Å². The van der Waals surface area contributed by atoms with Gasteiger partial charge in [0, 0.05) is 11.1 Å². The van der Waals surface area contributed by atoms with Crippen LogP contribution in [-0.4, -0.2) is 15.1 Å². The minimum absolute atomic E-state index is 0.0425. The maximum atomic E-state index is 5.96. The van der Waals surface area contributed by atoms with Gasteiger partial charge in [-0.15, -0.1) is 0 Å². The van der Waals surface area contributed by atoms with Gasteiger partial charge in [-0.2, -0.15) is 0 Å². The maximum Gasteiger partial charge on any atom is 0.139 e. The van der Waals surface area contributed by atoms with Gasteiger partial charge >= 0.3 is 0 Å². The Labute approximate surface area is 111 Å². The number of halogens is 1. The largest absolute Gasteiger partial charge is 0.363 e. The van der Waals surface area contributed by atoms with E-state index < -0.39 is 0 Å². The molecule has 2 aromatic heterocycles. The number of aryl methyl sites for hydroxylation is 2. The number of hydrogen-bond acceptors (Lipinski definition) is 5. The zero-order chi connectivity index (χ0) is 13.3. The fourth-order valence-corrected chi connectivity index (χ4v) is 2.09. The molecule has 1 unspecified atom stereocenters. The fourth-order valence-electron chi connectivity index (χ4n) is 1.96. The Morgan fingerprint density at radius 2 is 2.00 bits per heavy atom. The van der Waals surface area contributed by atoms with Gasteiger partial charge in [-0.25, -0.2) is 9.97 Å². The molecule has 2 rings (SSSR count). The average molecular weight is 267 g/mol. The van der Waals surface area contributed by atoms with Crippen LogP contribution in [0.5, 0.6) is 0 Å². The lowest BCUT2D eigenvalue weighted by Crippen LogP contribution is -2.11. The molecule has 18 heavy (non-hydrogen) atoms. The maximum absolute atomic E-state index is 5.96. The van der Waals surface area contributed by atoms with Gasteiger partial charge in [0.1, 0.15) is 23.1 Å². The number of anilines is 1. The topological polar surface area (TPSA) is 63.8 Å². The average Bonchev–Trinajstić information content (AvgIpc) is 2.65. The summed E-state index contributed by atoms with van der Waals surface area (Å²) < 4.78 is 5.16. The normalized spacial score (nSPS) is 12.5. The standard InChI is InChI=1S/C12H15ClN4O/c1-6-11(13)14-5-15-12(6)16-7(2)10-8(3)17-18-9(10)4/h5,7H,1-4H3,(H,14,15,16). The minimum atomic E-state index is 0.0425. The summed E-state index contributed by atoms with van der Waals surface area (Å²) in [6.45, 7) is 7.73. The van der Waals surface area contributed by atoms with E-state index in [9.17, 15) is 0 Å². The van der Waals surface area contributed by atoms with E-state index in [1.165, 1.54) is 6.33 Å². The summed E-state index contributed by atoms with van der Waals surface area (Å²) in [5.41, 5.74) is 2.76. The Kier molecular flexibility index (Phi) is 3.52. The van der Waals surface area contributed by atoms with Crippen molar-refractivity contribution in [1.29, 1.82) is 0 Å². The highest BCUT2D eigenvalue weighted by atomic mass is 35.5. The van der Waals surface area contributed by atoms with E-state index in [1.54, 1.807) is 0 Å². The summed E-state index contributed by atoms with van der Waals surface area (Å²) in [7, 11) is 0. The second-order valence-electron chi connectivity index (χ2n) is 4.24. The van der Waals surface area contributed by atoms with Crippen LogP contribution in [0, 0.1) is 20.8 Å². The van der Waals surface area contributed by atoms with Crippen LogP contribution in [0.3, 0.4) is 0 Å². The highest BCUT2D eigenvalue weighted by molar-refractivity contribution is 6.30. The molecule has 6 heteroatoms. The van der Waals surface area contributed by atoms with Gasteiger partial charge in [0.2, 0.25) is 0 Å². The van der Waals surface area contributed by atoms with Crippen LogP contribution < -0.4 is 5.32 Å². The molecule has 96 valence electrons. The molecule has 0 aliphatic rings. The SMILES string of the molecule is Cc1noc(C)c1C(C)Nc1ncnc(Cl)c1C. The monoisotopic (exact) mass is 266 g/mol. The molecule has 0 saturated heterocycles. The van der Waals surface area contributed by atoms with Crippen LogP contribution in [0.2, 0.25) is 5.15 Å². The first-order valence-electron chi connectivity index (χ1n) is 5.67. The molecule has 2 heterocycles. The van der Waals surface area contributed by atoms with E-state index in [0.717, 1.165) is 28.4 Å². The van der Waals surface area contributed by atoms with Gasteiger partial charge < -0.3 is 9.84 Å². The van der Waals surface area contributed by atoms with Gasteiger partial charge in [0.15, 0.2) is 0 Å². The quantitative estimate of drug-likeness (QED) is 0.864. The van der Waals surface area contributed by atoms with E-state index in [4.69, 9.17) is 16.1 Å².